The Morgan fingerprint density at radius 2 is 1.07 bits per heavy atom. The molecule has 0 aromatic heterocycles. The Morgan fingerprint density at radius 3 is 1.40 bits per heavy atom. The zero-order chi connectivity index (χ0) is 22.7. The van der Waals surface area contributed by atoms with Crippen molar-refractivity contribution in [1.29, 1.82) is 0 Å². The first-order chi connectivity index (χ1) is 14.1. The lowest BCUT2D eigenvalue weighted by Gasteiger charge is -2.29. The second-order valence-electron chi connectivity index (χ2n) is 6.81. The molecular formula is C17H28N5O8. The molecule has 5 N–H and O–H groups in total. The number of nitrogens with one attached hydrogen (secondary N) is 2. The van der Waals surface area contributed by atoms with Crippen molar-refractivity contribution in [3.8, 4) is 0 Å². The average Bonchev–Trinajstić information content (AvgIpc) is 2.60. The third kappa shape index (κ3) is 10.7. The van der Waals surface area contributed by atoms with Crippen LogP contribution >= 0.6 is 0 Å². The fourth-order valence-corrected chi connectivity index (χ4v) is 2.87. The van der Waals surface area contributed by atoms with Gasteiger partial charge in [-0.05, 0) is 6.42 Å². The molecule has 0 aromatic rings. The molecule has 13 nitrogen and oxygen atoms in total. The van der Waals surface area contributed by atoms with Gasteiger partial charge in [0.1, 0.15) is 0 Å². The molecule has 1 saturated heterocycles. The molecule has 0 aliphatic carbocycles. The highest BCUT2D eigenvalue weighted by Gasteiger charge is 2.23. The molecule has 30 heavy (non-hydrogen) atoms. The number of carbonyl (C=O) groups excluding carboxylic acids is 2. The Morgan fingerprint density at radius 1 is 0.733 bits per heavy atom. The van der Waals surface area contributed by atoms with E-state index in [4.69, 9.17) is 15.3 Å². The maximum Gasteiger partial charge on any atom is 0.317 e. The first-order valence-corrected chi connectivity index (χ1v) is 9.37. The van der Waals surface area contributed by atoms with Crippen molar-refractivity contribution >= 4 is 29.7 Å². The van der Waals surface area contributed by atoms with Gasteiger partial charge in [0.25, 0.3) is 0 Å². The van der Waals surface area contributed by atoms with E-state index in [9.17, 15) is 24.0 Å². The molecule has 1 fully saturated rings. The minimum atomic E-state index is -1.14. The van der Waals surface area contributed by atoms with Crippen molar-refractivity contribution in [1.82, 2.24) is 25.3 Å². The molecule has 0 unspecified atom stereocenters. The van der Waals surface area contributed by atoms with Crippen LogP contribution < -0.4 is 10.6 Å². The molecule has 1 heterocycles. The van der Waals surface area contributed by atoms with E-state index in [2.05, 4.69) is 10.6 Å². The van der Waals surface area contributed by atoms with Gasteiger partial charge in [0.05, 0.1) is 32.7 Å². The summed E-state index contributed by atoms with van der Waals surface area (Å²) < 4.78 is 0. The molecular weight excluding hydrogens is 402 g/mol. The normalized spacial score (nSPS) is 19.5. The average molecular weight is 430 g/mol. The Bertz CT molecular complexity index is 600. The highest BCUT2D eigenvalue weighted by Crippen LogP contribution is 2.01. The highest BCUT2D eigenvalue weighted by molar-refractivity contribution is 5.83. The third-order valence-corrected chi connectivity index (χ3v) is 4.21. The van der Waals surface area contributed by atoms with Crippen LogP contribution in [0.15, 0.2) is 0 Å². The van der Waals surface area contributed by atoms with Gasteiger partial charge in [-0.15, -0.1) is 0 Å². The van der Waals surface area contributed by atoms with E-state index < -0.39 is 42.8 Å². The summed E-state index contributed by atoms with van der Waals surface area (Å²) in [6, 6.07) is 0. The van der Waals surface area contributed by atoms with Crippen molar-refractivity contribution < 1.29 is 39.3 Å². The summed E-state index contributed by atoms with van der Waals surface area (Å²) >= 11 is 0. The van der Waals surface area contributed by atoms with Gasteiger partial charge < -0.3 is 26.0 Å². The summed E-state index contributed by atoms with van der Waals surface area (Å²) in [6.45, 7) is 0.505. The van der Waals surface area contributed by atoms with Crippen molar-refractivity contribution in [3.63, 3.8) is 0 Å². The number of aliphatic carboxylic acids is 3. The zero-order valence-electron chi connectivity index (χ0n) is 16.8. The second-order valence-corrected chi connectivity index (χ2v) is 6.81. The van der Waals surface area contributed by atoms with Crippen LogP contribution in [0.4, 0.5) is 0 Å². The van der Waals surface area contributed by atoms with Crippen LogP contribution in [0.25, 0.3) is 0 Å². The minimum Gasteiger partial charge on any atom is -0.480 e. The number of amides is 2. The van der Waals surface area contributed by atoms with E-state index in [-0.39, 0.29) is 52.0 Å². The topological polar surface area (TPSA) is 180 Å². The smallest absolute Gasteiger partial charge is 0.317 e. The van der Waals surface area contributed by atoms with E-state index in [1.165, 1.54) is 14.7 Å². The fraction of sp³-hybridized carbons (Fsp3) is 0.647. The standard InChI is InChI=1S/C17H28N5O8/c1-2-12-18-13(23)7-21(10-16(27)28)5-3-20(9-15(25)26)4-6-22(11-17(29)30)8-14(24)19-12/h2-11H2,1H3,(H,18,23)(H,19,24)(H,25,26)(H,27,28)(H,29,30). The van der Waals surface area contributed by atoms with Crippen LogP contribution in [0, 0.1) is 6.17 Å². The monoisotopic (exact) mass is 430 g/mol. The van der Waals surface area contributed by atoms with Gasteiger partial charge in [0.2, 0.25) is 11.8 Å². The van der Waals surface area contributed by atoms with Crippen LogP contribution in [0.1, 0.15) is 13.3 Å². The molecule has 2 amide bonds. The number of carbonyl (C=O) groups is 5. The highest BCUT2D eigenvalue weighted by atomic mass is 16.4. The molecule has 0 saturated carbocycles. The quantitative estimate of drug-likeness (QED) is 0.283. The maximum absolute atomic E-state index is 12.3. The molecule has 0 atom stereocenters. The van der Waals surface area contributed by atoms with Crippen LogP contribution in [0.2, 0.25) is 0 Å². The Balaban J connectivity index is 3.03. The van der Waals surface area contributed by atoms with Crippen LogP contribution in [0.5, 0.6) is 0 Å². The van der Waals surface area contributed by atoms with Crippen molar-refractivity contribution in [3.05, 3.63) is 6.17 Å². The number of rotatable bonds is 7. The van der Waals surface area contributed by atoms with E-state index in [1.807, 2.05) is 0 Å². The number of carboxylic acid groups (broad SMARTS) is 3. The summed E-state index contributed by atoms with van der Waals surface area (Å²) in [5.74, 6) is -4.46. The largest absolute Gasteiger partial charge is 0.480 e. The summed E-state index contributed by atoms with van der Waals surface area (Å²) in [5.41, 5.74) is 0. The van der Waals surface area contributed by atoms with Crippen LogP contribution in [0.3, 0.4) is 0 Å². The molecule has 13 heteroatoms. The summed E-state index contributed by atoms with van der Waals surface area (Å²) in [7, 11) is 0. The number of hydrogen-bond donors (Lipinski definition) is 5. The molecule has 1 aliphatic rings. The number of nitrogens with zero attached hydrogens (tertiary/aromatic N) is 3. The zero-order valence-corrected chi connectivity index (χ0v) is 16.8. The van der Waals surface area contributed by atoms with Gasteiger partial charge in [0, 0.05) is 26.2 Å². The van der Waals surface area contributed by atoms with E-state index >= 15 is 0 Å². The van der Waals surface area contributed by atoms with Gasteiger partial charge in [-0.1, -0.05) is 6.92 Å². The van der Waals surface area contributed by atoms with Gasteiger partial charge >= 0.3 is 17.9 Å². The van der Waals surface area contributed by atoms with Crippen molar-refractivity contribution in [2.24, 2.45) is 0 Å². The summed E-state index contributed by atoms with van der Waals surface area (Å²) in [5, 5.41) is 32.3. The minimum absolute atomic E-state index is 0.111. The molecule has 169 valence electrons. The van der Waals surface area contributed by atoms with Gasteiger partial charge in [-0.2, -0.15) is 0 Å². The summed E-state index contributed by atoms with van der Waals surface area (Å²) in [4.78, 5) is 62.1. The maximum atomic E-state index is 12.3. The lowest BCUT2D eigenvalue weighted by Crippen LogP contribution is -2.51. The predicted molar refractivity (Wildman–Crippen MR) is 102 cm³/mol. The Hall–Kier alpha value is -2.77. The Labute approximate surface area is 173 Å². The van der Waals surface area contributed by atoms with Gasteiger partial charge in [-0.25, -0.2) is 0 Å². The molecule has 0 aromatic carbocycles. The van der Waals surface area contributed by atoms with Crippen LogP contribution in [-0.2, 0) is 24.0 Å². The number of hydrogen-bond acceptors (Lipinski definition) is 8. The SMILES string of the molecule is CC[C]1NC(=O)CN(CC(=O)O)CCN(CC(=O)O)CCN(CC(=O)O)CC(=O)N1. The lowest BCUT2D eigenvalue weighted by molar-refractivity contribution is -0.141. The molecule has 1 rings (SSSR count). The lowest BCUT2D eigenvalue weighted by atomic mass is 10.3. The van der Waals surface area contributed by atoms with E-state index in [1.54, 1.807) is 6.92 Å². The first kappa shape index (κ1) is 25.3. The fourth-order valence-electron chi connectivity index (χ4n) is 2.87. The van der Waals surface area contributed by atoms with Gasteiger partial charge in [0.15, 0.2) is 6.17 Å². The van der Waals surface area contributed by atoms with E-state index in [0.717, 1.165) is 0 Å². The molecule has 0 spiro atoms. The van der Waals surface area contributed by atoms with Crippen LogP contribution in [-0.4, -0.2) is 119 Å². The molecule has 0 bridgehead atoms. The van der Waals surface area contributed by atoms with Crippen molar-refractivity contribution in [2.45, 2.75) is 13.3 Å². The summed E-state index contributed by atoms with van der Waals surface area (Å²) in [6.07, 6.45) is 0.516. The molecule has 1 radical (unpaired) electrons. The second kappa shape index (κ2) is 12.7. The Kier molecular flexibility index (Phi) is 10.7. The molecule has 1 aliphatic heterocycles. The first-order valence-electron chi connectivity index (χ1n) is 9.37. The predicted octanol–water partition coefficient (Wildman–Crippen LogP) is -2.71. The van der Waals surface area contributed by atoms with E-state index in [0.29, 0.717) is 6.42 Å². The van der Waals surface area contributed by atoms with Crippen molar-refractivity contribution in [2.75, 3.05) is 58.9 Å². The number of carboxylic acids is 3. The van der Waals surface area contributed by atoms with Gasteiger partial charge in [-0.3, -0.25) is 38.7 Å². The third-order valence-electron chi connectivity index (χ3n) is 4.21.